The Morgan fingerprint density at radius 2 is 2.13 bits per heavy atom. The molecule has 0 radical (unpaired) electrons. The fraction of sp³-hybridized carbons (Fsp3) is 0.125. The monoisotopic (exact) mass is 458 g/mol. The Balaban J connectivity index is 1.88. The van der Waals surface area contributed by atoms with E-state index in [0.717, 1.165) is 20.1 Å². The highest BCUT2D eigenvalue weighted by Gasteiger charge is 2.09. The zero-order valence-electron chi connectivity index (χ0n) is 12.1. The van der Waals surface area contributed by atoms with Crippen molar-refractivity contribution in [2.24, 2.45) is 5.10 Å². The first-order chi connectivity index (χ1) is 11.0. The third-order valence-corrected chi connectivity index (χ3v) is 4.08. The summed E-state index contributed by atoms with van der Waals surface area (Å²) >= 11 is 12.7. The minimum absolute atomic E-state index is 0.131. The van der Waals surface area contributed by atoms with E-state index in [1.54, 1.807) is 12.1 Å². The highest BCUT2D eigenvalue weighted by molar-refractivity contribution is 9.11. The van der Waals surface area contributed by atoms with Gasteiger partial charge in [-0.1, -0.05) is 39.7 Å². The molecule has 0 aliphatic carbocycles. The van der Waals surface area contributed by atoms with Gasteiger partial charge in [-0.2, -0.15) is 5.10 Å². The van der Waals surface area contributed by atoms with Crippen molar-refractivity contribution in [3.8, 4) is 5.75 Å². The number of ether oxygens (including phenoxy) is 1. The summed E-state index contributed by atoms with van der Waals surface area (Å²) in [5.41, 5.74) is 4.12. The normalized spacial score (nSPS) is 10.8. The van der Waals surface area contributed by atoms with Crippen molar-refractivity contribution in [2.45, 2.75) is 6.92 Å². The number of benzene rings is 2. The largest absolute Gasteiger partial charge is 0.482 e. The minimum atomic E-state index is -0.350. The van der Waals surface area contributed by atoms with E-state index in [9.17, 15) is 4.79 Å². The van der Waals surface area contributed by atoms with Crippen LogP contribution in [0.25, 0.3) is 0 Å². The molecule has 1 amide bonds. The average molecular weight is 461 g/mol. The predicted molar refractivity (Wildman–Crippen MR) is 99.3 cm³/mol. The molecule has 0 heterocycles. The van der Waals surface area contributed by atoms with E-state index in [0.29, 0.717) is 10.8 Å². The Bertz CT molecular complexity index is 728. The summed E-state index contributed by atoms with van der Waals surface area (Å²) in [7, 11) is 0. The molecule has 2 aromatic rings. The lowest BCUT2D eigenvalue weighted by Crippen LogP contribution is -2.24. The maximum atomic E-state index is 11.8. The van der Waals surface area contributed by atoms with Crippen LogP contribution in [0.3, 0.4) is 0 Å². The average Bonchev–Trinajstić information content (AvgIpc) is 2.46. The van der Waals surface area contributed by atoms with Gasteiger partial charge in [0.2, 0.25) is 0 Å². The van der Waals surface area contributed by atoms with Crippen LogP contribution in [0.2, 0.25) is 5.02 Å². The van der Waals surface area contributed by atoms with Gasteiger partial charge in [-0.15, -0.1) is 0 Å². The fourth-order valence-electron chi connectivity index (χ4n) is 1.81. The number of rotatable bonds is 5. The quantitative estimate of drug-likeness (QED) is 0.519. The van der Waals surface area contributed by atoms with Gasteiger partial charge < -0.3 is 4.74 Å². The summed E-state index contributed by atoms with van der Waals surface area (Å²) in [6.45, 7) is 1.77. The summed E-state index contributed by atoms with van der Waals surface area (Å²) < 4.78 is 7.24. The highest BCUT2D eigenvalue weighted by atomic mass is 79.9. The van der Waals surface area contributed by atoms with Crippen molar-refractivity contribution >= 4 is 55.6 Å². The van der Waals surface area contributed by atoms with Gasteiger partial charge in [0, 0.05) is 9.50 Å². The first-order valence-corrected chi connectivity index (χ1v) is 8.58. The molecule has 120 valence electrons. The van der Waals surface area contributed by atoms with Crippen LogP contribution in [-0.4, -0.2) is 18.7 Å². The first-order valence-electron chi connectivity index (χ1n) is 6.61. The number of aryl methyl sites for hydroxylation is 1. The molecule has 0 fully saturated rings. The Morgan fingerprint density at radius 1 is 1.35 bits per heavy atom. The highest BCUT2D eigenvalue weighted by Crippen LogP contribution is 2.32. The van der Waals surface area contributed by atoms with Crippen LogP contribution >= 0.6 is 43.5 Å². The summed E-state index contributed by atoms with van der Waals surface area (Å²) in [4.78, 5) is 11.8. The standard InChI is InChI=1S/C16H13Br2ClN2O2/c1-10-5-12(17)7-14(18)16(10)23-9-15(22)21-20-8-11-3-2-4-13(19)6-11/h2-8H,9H2,1H3,(H,21,22)/b20-8+. The number of nitrogens with one attached hydrogen (secondary N) is 1. The smallest absolute Gasteiger partial charge is 0.277 e. The van der Waals surface area contributed by atoms with E-state index in [-0.39, 0.29) is 12.5 Å². The number of carbonyl (C=O) groups is 1. The Kier molecular flexibility index (Phi) is 6.62. The Labute approximate surface area is 156 Å². The molecule has 7 heteroatoms. The van der Waals surface area contributed by atoms with Crippen LogP contribution in [0, 0.1) is 6.92 Å². The fourth-order valence-corrected chi connectivity index (χ4v) is 3.56. The molecule has 0 bridgehead atoms. The van der Waals surface area contributed by atoms with E-state index in [1.807, 2.05) is 31.2 Å². The van der Waals surface area contributed by atoms with Gasteiger partial charge in [0.1, 0.15) is 5.75 Å². The molecule has 0 spiro atoms. The summed E-state index contributed by atoms with van der Waals surface area (Å²) in [5.74, 6) is 0.277. The summed E-state index contributed by atoms with van der Waals surface area (Å²) in [6.07, 6.45) is 1.52. The van der Waals surface area contributed by atoms with Crippen molar-refractivity contribution in [1.29, 1.82) is 0 Å². The third-order valence-electron chi connectivity index (χ3n) is 2.79. The molecule has 2 aromatic carbocycles. The van der Waals surface area contributed by atoms with Crippen LogP contribution in [0.5, 0.6) is 5.75 Å². The maximum absolute atomic E-state index is 11.8. The number of halogens is 3. The number of nitrogens with zero attached hydrogens (tertiary/aromatic N) is 1. The van der Waals surface area contributed by atoms with Crippen LogP contribution in [0.1, 0.15) is 11.1 Å². The van der Waals surface area contributed by atoms with Crippen LogP contribution in [0.4, 0.5) is 0 Å². The maximum Gasteiger partial charge on any atom is 0.277 e. The van der Waals surface area contributed by atoms with Gasteiger partial charge >= 0.3 is 0 Å². The van der Waals surface area contributed by atoms with Gasteiger partial charge in [-0.3, -0.25) is 4.79 Å². The minimum Gasteiger partial charge on any atom is -0.482 e. The van der Waals surface area contributed by atoms with E-state index in [1.165, 1.54) is 6.21 Å². The Hall–Kier alpha value is -1.37. The van der Waals surface area contributed by atoms with Gasteiger partial charge in [0.15, 0.2) is 6.61 Å². The van der Waals surface area contributed by atoms with E-state index in [2.05, 4.69) is 42.4 Å². The van der Waals surface area contributed by atoms with Crippen LogP contribution in [0.15, 0.2) is 50.4 Å². The summed E-state index contributed by atoms with van der Waals surface area (Å²) in [6, 6.07) is 10.9. The molecule has 1 N–H and O–H groups in total. The molecular weight excluding hydrogens is 447 g/mol. The van der Waals surface area contributed by atoms with E-state index >= 15 is 0 Å². The molecular formula is C16H13Br2ClN2O2. The van der Waals surface area contributed by atoms with Gasteiger partial charge in [0.05, 0.1) is 10.7 Å². The number of hydrogen-bond acceptors (Lipinski definition) is 3. The molecule has 0 aliphatic heterocycles. The molecule has 0 aromatic heterocycles. The molecule has 4 nitrogen and oxygen atoms in total. The van der Waals surface area contributed by atoms with Gasteiger partial charge in [-0.05, 0) is 58.2 Å². The first kappa shape index (κ1) is 18.0. The molecule has 0 saturated heterocycles. The Morgan fingerprint density at radius 3 is 2.83 bits per heavy atom. The molecule has 0 saturated carbocycles. The molecule has 2 rings (SSSR count). The van der Waals surface area contributed by atoms with Crippen molar-refractivity contribution in [3.63, 3.8) is 0 Å². The second-order valence-corrected chi connectivity index (χ2v) is 6.88. The number of amides is 1. The third kappa shape index (κ3) is 5.64. The second-order valence-electron chi connectivity index (χ2n) is 4.67. The molecule has 0 atom stereocenters. The van der Waals surface area contributed by atoms with Crippen molar-refractivity contribution in [1.82, 2.24) is 5.43 Å². The lowest BCUT2D eigenvalue weighted by atomic mass is 10.2. The van der Waals surface area contributed by atoms with Crippen LogP contribution < -0.4 is 10.2 Å². The van der Waals surface area contributed by atoms with Crippen molar-refractivity contribution in [3.05, 3.63) is 61.5 Å². The van der Waals surface area contributed by atoms with Gasteiger partial charge in [-0.25, -0.2) is 5.43 Å². The molecule has 0 aliphatic rings. The zero-order valence-corrected chi connectivity index (χ0v) is 16.1. The van der Waals surface area contributed by atoms with E-state index in [4.69, 9.17) is 16.3 Å². The summed E-state index contributed by atoms with van der Waals surface area (Å²) in [5, 5.41) is 4.48. The number of hydrogen-bond donors (Lipinski definition) is 1. The predicted octanol–water partition coefficient (Wildman–Crippen LogP) is 4.70. The topological polar surface area (TPSA) is 50.7 Å². The second kappa shape index (κ2) is 8.47. The lowest BCUT2D eigenvalue weighted by Gasteiger charge is -2.10. The number of carbonyl (C=O) groups excluding carboxylic acids is 1. The van der Waals surface area contributed by atoms with Crippen molar-refractivity contribution in [2.75, 3.05) is 6.61 Å². The number of hydrazone groups is 1. The zero-order chi connectivity index (χ0) is 16.8. The lowest BCUT2D eigenvalue weighted by molar-refractivity contribution is -0.123. The molecule has 0 unspecified atom stereocenters. The van der Waals surface area contributed by atoms with Crippen molar-refractivity contribution < 1.29 is 9.53 Å². The van der Waals surface area contributed by atoms with Gasteiger partial charge in [0.25, 0.3) is 5.91 Å². The van der Waals surface area contributed by atoms with Crippen LogP contribution in [-0.2, 0) is 4.79 Å². The SMILES string of the molecule is Cc1cc(Br)cc(Br)c1OCC(=O)N/N=C/c1cccc(Cl)c1. The molecule has 23 heavy (non-hydrogen) atoms. The van der Waals surface area contributed by atoms with E-state index < -0.39 is 0 Å².